The van der Waals surface area contributed by atoms with E-state index in [0.717, 1.165) is 16.8 Å². The van der Waals surface area contributed by atoms with Gasteiger partial charge in [-0.3, -0.25) is 0 Å². The van der Waals surface area contributed by atoms with E-state index in [4.69, 9.17) is 4.74 Å². The number of halogens is 1. The number of ether oxygens (including phenoxy) is 1. The summed E-state index contributed by atoms with van der Waals surface area (Å²) in [5.74, 6) is 1.41. The van der Waals surface area contributed by atoms with Crippen LogP contribution in [0.15, 0.2) is 46.9 Å². The fourth-order valence-corrected chi connectivity index (χ4v) is 2.60. The fourth-order valence-electron chi connectivity index (χ4n) is 2.22. The minimum Gasteiger partial charge on any atom is -0.489 e. The molecule has 0 aliphatic rings. The maximum absolute atomic E-state index is 6.00. The Hall–Kier alpha value is -1.32. The number of hydrogen-bond donors (Lipinski definition) is 1. The van der Waals surface area contributed by atoms with Crippen LogP contribution < -0.4 is 10.1 Å². The van der Waals surface area contributed by atoms with Gasteiger partial charge in [0.15, 0.2) is 0 Å². The van der Waals surface area contributed by atoms with Crippen LogP contribution in [0.4, 0.5) is 0 Å². The molecular weight excluding hydrogens is 326 g/mol. The van der Waals surface area contributed by atoms with E-state index in [1.807, 2.05) is 19.2 Å². The van der Waals surface area contributed by atoms with Crippen molar-refractivity contribution in [1.82, 2.24) is 5.32 Å². The van der Waals surface area contributed by atoms with Gasteiger partial charge in [-0.2, -0.15) is 0 Å². The largest absolute Gasteiger partial charge is 0.489 e. The fraction of sp³-hybridized carbons (Fsp3) is 0.333. The molecule has 112 valence electrons. The summed E-state index contributed by atoms with van der Waals surface area (Å²) in [5, 5.41) is 3.15. The molecule has 21 heavy (non-hydrogen) atoms. The van der Waals surface area contributed by atoms with Crippen molar-refractivity contribution in [3.8, 4) is 5.75 Å². The summed E-state index contributed by atoms with van der Waals surface area (Å²) < 4.78 is 7.10. The summed E-state index contributed by atoms with van der Waals surface area (Å²) in [6.45, 7) is 5.86. The van der Waals surface area contributed by atoms with Crippen LogP contribution in [0.2, 0.25) is 0 Å². The molecule has 1 N–H and O–H groups in total. The van der Waals surface area contributed by atoms with Gasteiger partial charge in [0.1, 0.15) is 12.4 Å². The second-order valence-electron chi connectivity index (χ2n) is 5.47. The second-order valence-corrected chi connectivity index (χ2v) is 6.39. The van der Waals surface area contributed by atoms with Crippen LogP contribution in [0.3, 0.4) is 0 Å². The van der Waals surface area contributed by atoms with Gasteiger partial charge in [0.2, 0.25) is 0 Å². The van der Waals surface area contributed by atoms with E-state index >= 15 is 0 Å². The molecule has 2 nitrogen and oxygen atoms in total. The summed E-state index contributed by atoms with van der Waals surface area (Å²) in [4.78, 5) is 0. The summed E-state index contributed by atoms with van der Waals surface area (Å²) in [5.41, 5.74) is 3.71. The smallest absolute Gasteiger partial charge is 0.123 e. The van der Waals surface area contributed by atoms with Gasteiger partial charge in [-0.15, -0.1) is 0 Å². The Morgan fingerprint density at radius 2 is 1.71 bits per heavy atom. The highest BCUT2D eigenvalue weighted by Crippen LogP contribution is 2.30. The zero-order valence-corrected chi connectivity index (χ0v) is 14.4. The van der Waals surface area contributed by atoms with E-state index in [1.54, 1.807) is 0 Å². The van der Waals surface area contributed by atoms with Crippen LogP contribution in [-0.2, 0) is 13.2 Å². The molecule has 0 bridgehead atoms. The lowest BCUT2D eigenvalue weighted by atomic mass is 10.0. The van der Waals surface area contributed by atoms with Crippen LogP contribution in [0.1, 0.15) is 36.5 Å². The molecule has 2 rings (SSSR count). The van der Waals surface area contributed by atoms with Crippen molar-refractivity contribution in [2.24, 2.45) is 0 Å². The average Bonchev–Trinajstić information content (AvgIpc) is 2.47. The minimum atomic E-state index is 0.440. The van der Waals surface area contributed by atoms with E-state index in [2.05, 4.69) is 65.4 Å². The Balaban J connectivity index is 2.05. The monoisotopic (exact) mass is 347 g/mol. The Kier molecular flexibility index (Phi) is 5.83. The summed E-state index contributed by atoms with van der Waals surface area (Å²) >= 11 is 3.52. The van der Waals surface area contributed by atoms with Crippen LogP contribution in [0, 0.1) is 0 Å². The molecule has 0 heterocycles. The van der Waals surface area contributed by atoms with Crippen molar-refractivity contribution in [3.63, 3.8) is 0 Å². The van der Waals surface area contributed by atoms with Crippen molar-refractivity contribution < 1.29 is 4.74 Å². The van der Waals surface area contributed by atoms with Crippen LogP contribution >= 0.6 is 15.9 Å². The minimum absolute atomic E-state index is 0.440. The van der Waals surface area contributed by atoms with Crippen molar-refractivity contribution in [2.75, 3.05) is 7.05 Å². The lowest BCUT2D eigenvalue weighted by Crippen LogP contribution is -2.05. The van der Waals surface area contributed by atoms with E-state index in [9.17, 15) is 0 Å². The highest BCUT2D eigenvalue weighted by molar-refractivity contribution is 9.10. The van der Waals surface area contributed by atoms with Crippen molar-refractivity contribution in [3.05, 3.63) is 63.6 Å². The van der Waals surface area contributed by atoms with Gasteiger partial charge < -0.3 is 10.1 Å². The number of rotatable bonds is 6. The van der Waals surface area contributed by atoms with Gasteiger partial charge in [-0.1, -0.05) is 54.0 Å². The van der Waals surface area contributed by atoms with E-state index in [-0.39, 0.29) is 0 Å². The van der Waals surface area contributed by atoms with Gasteiger partial charge in [-0.05, 0) is 47.9 Å². The molecule has 0 atom stereocenters. The average molecular weight is 348 g/mol. The summed E-state index contributed by atoms with van der Waals surface area (Å²) in [6.07, 6.45) is 0. The van der Waals surface area contributed by atoms with E-state index in [1.165, 1.54) is 16.7 Å². The predicted octanol–water partition coefficient (Wildman–Crippen LogP) is 4.87. The van der Waals surface area contributed by atoms with E-state index < -0.39 is 0 Å². The predicted molar refractivity (Wildman–Crippen MR) is 91.8 cm³/mol. The Bertz CT molecular complexity index is 578. The molecule has 0 amide bonds. The molecule has 2 aromatic carbocycles. The Labute approximate surface area is 135 Å². The van der Waals surface area contributed by atoms with Gasteiger partial charge >= 0.3 is 0 Å². The summed E-state index contributed by atoms with van der Waals surface area (Å²) in [7, 11) is 1.96. The second kappa shape index (κ2) is 7.62. The first-order valence-corrected chi connectivity index (χ1v) is 8.04. The Morgan fingerprint density at radius 1 is 1.05 bits per heavy atom. The first kappa shape index (κ1) is 16.1. The molecule has 0 fully saturated rings. The molecule has 0 saturated heterocycles. The first-order chi connectivity index (χ1) is 10.1. The summed E-state index contributed by atoms with van der Waals surface area (Å²) in [6, 6.07) is 14.7. The zero-order valence-electron chi connectivity index (χ0n) is 12.8. The lowest BCUT2D eigenvalue weighted by molar-refractivity contribution is 0.301. The normalized spacial score (nSPS) is 10.9. The molecule has 0 aliphatic heterocycles. The SMILES string of the molecule is CNCc1ccc(COc2ccc(Br)cc2C(C)C)cc1. The van der Waals surface area contributed by atoms with Gasteiger partial charge in [0.25, 0.3) is 0 Å². The maximum Gasteiger partial charge on any atom is 0.123 e. The molecule has 0 aromatic heterocycles. The number of hydrogen-bond acceptors (Lipinski definition) is 2. The molecule has 2 aromatic rings. The molecule has 3 heteroatoms. The molecular formula is C18H22BrNO. The standard InChI is InChI=1S/C18H22BrNO/c1-13(2)17-10-16(19)8-9-18(17)21-12-15-6-4-14(5-7-15)11-20-3/h4-10,13,20H,11-12H2,1-3H3. The molecule has 0 radical (unpaired) electrons. The van der Waals surface area contributed by atoms with E-state index in [0.29, 0.717) is 12.5 Å². The highest BCUT2D eigenvalue weighted by atomic mass is 79.9. The van der Waals surface area contributed by atoms with Crippen molar-refractivity contribution in [2.45, 2.75) is 32.9 Å². The van der Waals surface area contributed by atoms with Gasteiger partial charge in [0, 0.05) is 11.0 Å². The lowest BCUT2D eigenvalue weighted by Gasteiger charge is -2.14. The first-order valence-electron chi connectivity index (χ1n) is 7.25. The van der Waals surface area contributed by atoms with Crippen molar-refractivity contribution >= 4 is 15.9 Å². The van der Waals surface area contributed by atoms with Gasteiger partial charge in [0.05, 0.1) is 0 Å². The van der Waals surface area contributed by atoms with Crippen LogP contribution in [-0.4, -0.2) is 7.05 Å². The Morgan fingerprint density at radius 3 is 2.33 bits per heavy atom. The van der Waals surface area contributed by atoms with Crippen molar-refractivity contribution in [1.29, 1.82) is 0 Å². The number of nitrogens with one attached hydrogen (secondary N) is 1. The van der Waals surface area contributed by atoms with Gasteiger partial charge in [-0.25, -0.2) is 0 Å². The number of benzene rings is 2. The molecule has 0 aliphatic carbocycles. The van der Waals surface area contributed by atoms with Crippen LogP contribution in [0.5, 0.6) is 5.75 Å². The maximum atomic E-state index is 6.00. The quantitative estimate of drug-likeness (QED) is 0.804. The third kappa shape index (κ3) is 4.58. The molecule has 0 spiro atoms. The molecule has 0 unspecified atom stereocenters. The molecule has 0 saturated carbocycles. The topological polar surface area (TPSA) is 21.3 Å². The zero-order chi connectivity index (χ0) is 15.2. The third-order valence-corrected chi connectivity index (χ3v) is 3.89. The van der Waals surface area contributed by atoms with Crippen LogP contribution in [0.25, 0.3) is 0 Å². The highest BCUT2D eigenvalue weighted by Gasteiger charge is 2.08. The third-order valence-electron chi connectivity index (χ3n) is 3.39.